The van der Waals surface area contributed by atoms with Crippen molar-refractivity contribution in [3.63, 3.8) is 0 Å². The SMILES string of the molecule is CCOc1ccc(-c2ccc(CC(C)NC(=O)C(F)F)cc2)cc1. The number of halogens is 2. The van der Waals surface area contributed by atoms with Crippen LogP contribution in [0, 0.1) is 0 Å². The molecule has 2 aromatic carbocycles. The summed E-state index contributed by atoms with van der Waals surface area (Å²) in [7, 11) is 0. The number of ether oxygens (including phenoxy) is 1. The summed E-state index contributed by atoms with van der Waals surface area (Å²) in [6.07, 6.45) is -2.48. The van der Waals surface area contributed by atoms with Crippen molar-refractivity contribution in [2.24, 2.45) is 0 Å². The molecular weight excluding hydrogens is 312 g/mol. The fraction of sp³-hybridized carbons (Fsp3) is 0.316. The zero-order valence-corrected chi connectivity index (χ0v) is 13.8. The molecule has 1 amide bonds. The van der Waals surface area contributed by atoms with Gasteiger partial charge in [0.15, 0.2) is 0 Å². The number of carbonyl (C=O) groups is 1. The predicted molar refractivity (Wildman–Crippen MR) is 90.4 cm³/mol. The van der Waals surface area contributed by atoms with Crippen LogP contribution in [0.3, 0.4) is 0 Å². The van der Waals surface area contributed by atoms with Gasteiger partial charge in [-0.1, -0.05) is 36.4 Å². The van der Waals surface area contributed by atoms with Gasteiger partial charge in [0.1, 0.15) is 5.75 Å². The minimum absolute atomic E-state index is 0.345. The van der Waals surface area contributed by atoms with E-state index in [9.17, 15) is 13.6 Å². The summed E-state index contributed by atoms with van der Waals surface area (Å²) in [5, 5.41) is 2.29. The molecule has 128 valence electrons. The Kier molecular flexibility index (Phi) is 6.29. The Balaban J connectivity index is 1.98. The first-order valence-electron chi connectivity index (χ1n) is 7.90. The van der Waals surface area contributed by atoms with Crippen molar-refractivity contribution >= 4 is 5.91 Å². The summed E-state index contributed by atoms with van der Waals surface area (Å²) < 4.78 is 29.9. The molecule has 0 heterocycles. The smallest absolute Gasteiger partial charge is 0.315 e. The first-order chi connectivity index (χ1) is 11.5. The number of benzene rings is 2. The highest BCUT2D eigenvalue weighted by atomic mass is 19.3. The topological polar surface area (TPSA) is 38.3 Å². The summed E-state index contributed by atoms with van der Waals surface area (Å²) >= 11 is 0. The molecule has 0 aliphatic heterocycles. The summed E-state index contributed by atoms with van der Waals surface area (Å²) in [5.41, 5.74) is 3.11. The van der Waals surface area contributed by atoms with E-state index in [-0.39, 0.29) is 6.04 Å². The minimum atomic E-state index is -2.98. The van der Waals surface area contributed by atoms with Gasteiger partial charge in [0.2, 0.25) is 0 Å². The molecule has 0 radical (unpaired) electrons. The maximum absolute atomic E-state index is 12.2. The third-order valence-electron chi connectivity index (χ3n) is 3.58. The Morgan fingerprint density at radius 2 is 1.58 bits per heavy atom. The van der Waals surface area contributed by atoms with E-state index in [1.165, 1.54) is 0 Å². The molecule has 0 aromatic heterocycles. The van der Waals surface area contributed by atoms with E-state index in [1.54, 1.807) is 6.92 Å². The molecule has 0 saturated heterocycles. The van der Waals surface area contributed by atoms with Crippen LogP contribution in [-0.2, 0) is 11.2 Å². The van der Waals surface area contributed by atoms with Crippen LogP contribution in [0.4, 0.5) is 8.78 Å². The van der Waals surface area contributed by atoms with E-state index in [0.29, 0.717) is 13.0 Å². The molecule has 3 nitrogen and oxygen atoms in total. The summed E-state index contributed by atoms with van der Waals surface area (Å²) in [6.45, 7) is 4.28. The zero-order chi connectivity index (χ0) is 17.5. The number of carbonyl (C=O) groups excluding carboxylic acids is 1. The van der Waals surface area contributed by atoms with Crippen LogP contribution in [-0.4, -0.2) is 25.0 Å². The zero-order valence-electron chi connectivity index (χ0n) is 13.8. The fourth-order valence-corrected chi connectivity index (χ4v) is 2.45. The van der Waals surface area contributed by atoms with E-state index in [1.807, 2.05) is 55.5 Å². The lowest BCUT2D eigenvalue weighted by molar-refractivity contribution is -0.132. The van der Waals surface area contributed by atoms with Gasteiger partial charge in [0.05, 0.1) is 6.61 Å². The van der Waals surface area contributed by atoms with Crippen LogP contribution in [0.15, 0.2) is 48.5 Å². The maximum Gasteiger partial charge on any atom is 0.315 e. The molecule has 0 saturated carbocycles. The van der Waals surface area contributed by atoms with Gasteiger partial charge in [-0.05, 0) is 49.1 Å². The minimum Gasteiger partial charge on any atom is -0.494 e. The second-order valence-corrected chi connectivity index (χ2v) is 5.57. The van der Waals surface area contributed by atoms with Crippen molar-refractivity contribution < 1.29 is 18.3 Å². The lowest BCUT2D eigenvalue weighted by atomic mass is 10.0. The highest BCUT2D eigenvalue weighted by Gasteiger charge is 2.17. The number of rotatable bonds is 7. The van der Waals surface area contributed by atoms with Crippen LogP contribution >= 0.6 is 0 Å². The van der Waals surface area contributed by atoms with Crippen molar-refractivity contribution in [3.8, 4) is 16.9 Å². The highest BCUT2D eigenvalue weighted by molar-refractivity contribution is 5.79. The van der Waals surface area contributed by atoms with Crippen molar-refractivity contribution in [1.82, 2.24) is 5.32 Å². The molecule has 1 unspecified atom stereocenters. The Labute approximate surface area is 140 Å². The van der Waals surface area contributed by atoms with Gasteiger partial charge in [-0.25, -0.2) is 0 Å². The van der Waals surface area contributed by atoms with Crippen LogP contribution in [0.1, 0.15) is 19.4 Å². The van der Waals surface area contributed by atoms with Gasteiger partial charge >= 0.3 is 6.43 Å². The normalized spacial score (nSPS) is 12.0. The Bertz CT molecular complexity index is 654. The van der Waals surface area contributed by atoms with E-state index < -0.39 is 12.3 Å². The summed E-state index contributed by atoms with van der Waals surface area (Å²) in [6, 6.07) is 15.3. The molecule has 1 N–H and O–H groups in total. The van der Waals surface area contributed by atoms with Crippen LogP contribution in [0.2, 0.25) is 0 Å². The van der Waals surface area contributed by atoms with Crippen molar-refractivity contribution in [2.45, 2.75) is 32.7 Å². The number of alkyl halides is 2. The van der Waals surface area contributed by atoms with Crippen molar-refractivity contribution in [2.75, 3.05) is 6.61 Å². The maximum atomic E-state index is 12.2. The van der Waals surface area contributed by atoms with Gasteiger partial charge in [-0.2, -0.15) is 8.78 Å². The average molecular weight is 333 g/mol. The molecule has 24 heavy (non-hydrogen) atoms. The first-order valence-corrected chi connectivity index (χ1v) is 7.90. The predicted octanol–water partition coefficient (Wildman–Crippen LogP) is 4.06. The molecule has 2 aromatic rings. The largest absolute Gasteiger partial charge is 0.494 e. The standard InChI is InChI=1S/C19H21F2NO2/c1-3-24-17-10-8-16(9-11-17)15-6-4-14(5-7-15)12-13(2)22-19(23)18(20)21/h4-11,13,18H,3,12H2,1-2H3,(H,22,23). The number of nitrogens with one attached hydrogen (secondary N) is 1. The average Bonchev–Trinajstić information content (AvgIpc) is 2.56. The Morgan fingerprint density at radius 3 is 2.08 bits per heavy atom. The molecule has 1 atom stereocenters. The molecule has 0 spiro atoms. The van der Waals surface area contributed by atoms with Gasteiger partial charge < -0.3 is 10.1 Å². The van der Waals surface area contributed by atoms with E-state index in [2.05, 4.69) is 5.32 Å². The van der Waals surface area contributed by atoms with Gasteiger partial charge in [-0.15, -0.1) is 0 Å². The lowest BCUT2D eigenvalue weighted by Gasteiger charge is -2.14. The number of hydrogen-bond acceptors (Lipinski definition) is 2. The molecule has 0 fully saturated rings. The summed E-state index contributed by atoms with van der Waals surface area (Å²) in [5.74, 6) is -0.394. The third-order valence-corrected chi connectivity index (χ3v) is 3.58. The van der Waals surface area contributed by atoms with Gasteiger partial charge in [-0.3, -0.25) is 4.79 Å². The van der Waals surface area contributed by atoms with Gasteiger partial charge in [0.25, 0.3) is 5.91 Å². The lowest BCUT2D eigenvalue weighted by Crippen LogP contribution is -2.37. The van der Waals surface area contributed by atoms with Gasteiger partial charge in [0, 0.05) is 6.04 Å². The Morgan fingerprint density at radius 1 is 1.04 bits per heavy atom. The van der Waals surface area contributed by atoms with Crippen LogP contribution in [0.5, 0.6) is 5.75 Å². The molecule has 5 heteroatoms. The monoisotopic (exact) mass is 333 g/mol. The van der Waals surface area contributed by atoms with E-state index in [4.69, 9.17) is 4.74 Å². The summed E-state index contributed by atoms with van der Waals surface area (Å²) in [4.78, 5) is 11.0. The van der Waals surface area contributed by atoms with Crippen molar-refractivity contribution in [3.05, 3.63) is 54.1 Å². The highest BCUT2D eigenvalue weighted by Crippen LogP contribution is 2.23. The van der Waals surface area contributed by atoms with Crippen LogP contribution < -0.4 is 10.1 Å². The van der Waals surface area contributed by atoms with E-state index in [0.717, 1.165) is 22.4 Å². The molecular formula is C19H21F2NO2. The van der Waals surface area contributed by atoms with Crippen LogP contribution in [0.25, 0.3) is 11.1 Å². The second-order valence-electron chi connectivity index (χ2n) is 5.57. The number of hydrogen-bond donors (Lipinski definition) is 1. The molecule has 2 rings (SSSR count). The molecule has 0 bridgehead atoms. The molecule has 0 aliphatic rings. The Hall–Kier alpha value is -2.43. The second kappa shape index (κ2) is 8.43. The van der Waals surface area contributed by atoms with E-state index >= 15 is 0 Å². The molecule has 0 aliphatic carbocycles. The fourth-order valence-electron chi connectivity index (χ4n) is 2.45. The quantitative estimate of drug-likeness (QED) is 0.830. The number of amides is 1. The first kappa shape index (κ1) is 17.9. The third kappa shape index (κ3) is 5.05. The van der Waals surface area contributed by atoms with Crippen molar-refractivity contribution in [1.29, 1.82) is 0 Å².